The number of rotatable bonds is 1. The van der Waals surface area contributed by atoms with E-state index in [1.807, 2.05) is 0 Å². The van der Waals surface area contributed by atoms with Crippen molar-refractivity contribution in [3.63, 3.8) is 0 Å². The van der Waals surface area contributed by atoms with E-state index >= 15 is 0 Å². The molecule has 0 bridgehead atoms. The highest BCUT2D eigenvalue weighted by molar-refractivity contribution is 5.97. The van der Waals surface area contributed by atoms with Gasteiger partial charge in [-0.15, -0.1) is 12.4 Å². The summed E-state index contributed by atoms with van der Waals surface area (Å²) >= 11 is 0. The predicted octanol–water partition coefficient (Wildman–Crippen LogP) is 3.72. The highest BCUT2D eigenvalue weighted by atomic mass is 35.5. The summed E-state index contributed by atoms with van der Waals surface area (Å²) < 4.78 is 0. The molecule has 0 saturated carbocycles. The molecule has 0 spiro atoms. The van der Waals surface area contributed by atoms with Crippen LogP contribution in [0.15, 0.2) is 23.2 Å². The molecule has 1 aliphatic heterocycles. The van der Waals surface area contributed by atoms with E-state index < -0.39 is 0 Å². The van der Waals surface area contributed by atoms with Crippen LogP contribution in [-0.2, 0) is 0 Å². The Morgan fingerprint density at radius 1 is 1.25 bits per heavy atom. The van der Waals surface area contributed by atoms with Crippen LogP contribution in [0.25, 0.3) is 0 Å². The maximum Gasteiger partial charge on any atom is 0.101 e. The lowest BCUT2D eigenvalue weighted by Crippen LogP contribution is -2.10. The van der Waals surface area contributed by atoms with Crippen LogP contribution in [0.3, 0.4) is 0 Å². The summed E-state index contributed by atoms with van der Waals surface area (Å²) in [7, 11) is 0. The molecular formula is C13H19ClN2. The van der Waals surface area contributed by atoms with Crippen molar-refractivity contribution in [2.24, 2.45) is 4.99 Å². The molecule has 1 aromatic carbocycles. The van der Waals surface area contributed by atoms with Crippen LogP contribution in [0.1, 0.15) is 30.9 Å². The molecule has 0 saturated heterocycles. The maximum absolute atomic E-state index is 4.57. The van der Waals surface area contributed by atoms with E-state index in [9.17, 15) is 0 Å². The number of nitrogens with one attached hydrogen (secondary N) is 1. The van der Waals surface area contributed by atoms with E-state index in [1.165, 1.54) is 23.2 Å². The van der Waals surface area contributed by atoms with Crippen LogP contribution in [0.5, 0.6) is 0 Å². The van der Waals surface area contributed by atoms with Crippen LogP contribution in [0.2, 0.25) is 0 Å². The second-order valence-corrected chi connectivity index (χ2v) is 4.36. The predicted molar refractivity (Wildman–Crippen MR) is 72.9 cm³/mol. The number of hydrogen-bond acceptors (Lipinski definition) is 2. The first-order chi connectivity index (χ1) is 7.16. The van der Waals surface area contributed by atoms with Gasteiger partial charge in [-0.2, -0.15) is 0 Å². The third-order valence-corrected chi connectivity index (χ3v) is 2.93. The van der Waals surface area contributed by atoms with Gasteiger partial charge in [0.2, 0.25) is 0 Å². The Hall–Kier alpha value is -1.02. The van der Waals surface area contributed by atoms with E-state index in [1.54, 1.807) is 0 Å². The minimum absolute atomic E-state index is 0. The van der Waals surface area contributed by atoms with Gasteiger partial charge in [0, 0.05) is 18.2 Å². The second-order valence-electron chi connectivity index (χ2n) is 4.36. The molecule has 0 radical (unpaired) electrons. The molecule has 1 N–H and O–H groups in total. The number of anilines is 1. The largest absolute Gasteiger partial charge is 0.344 e. The van der Waals surface area contributed by atoms with Gasteiger partial charge < -0.3 is 5.32 Å². The van der Waals surface area contributed by atoms with Crippen LogP contribution in [-0.4, -0.2) is 11.9 Å². The minimum atomic E-state index is 0. The van der Waals surface area contributed by atoms with Crippen molar-refractivity contribution >= 4 is 23.9 Å². The Bertz CT molecular complexity index is 379. The van der Waals surface area contributed by atoms with Crippen LogP contribution < -0.4 is 5.32 Å². The standard InChI is InChI=1S/C13H18N2.ClH/c1-9-5-4-6-10(2)13(9)15-12-8-7-11(3)14-12;/h4-6,11H,7-8H2,1-3H3,(H,14,15);1H. The van der Waals surface area contributed by atoms with Crippen molar-refractivity contribution in [2.75, 3.05) is 5.32 Å². The summed E-state index contributed by atoms with van der Waals surface area (Å²) in [6, 6.07) is 6.84. The smallest absolute Gasteiger partial charge is 0.101 e. The molecule has 0 fully saturated rings. The van der Waals surface area contributed by atoms with E-state index in [0.717, 1.165) is 12.3 Å². The first kappa shape index (κ1) is 13.0. The van der Waals surface area contributed by atoms with Gasteiger partial charge in [0.25, 0.3) is 0 Å². The number of aliphatic imine (C=N–C) groups is 1. The molecule has 0 amide bonds. The Morgan fingerprint density at radius 2 is 1.88 bits per heavy atom. The summed E-state index contributed by atoms with van der Waals surface area (Å²) in [6.07, 6.45) is 2.25. The molecular weight excluding hydrogens is 220 g/mol. The fraction of sp³-hybridized carbons (Fsp3) is 0.462. The number of hydrogen-bond donors (Lipinski definition) is 1. The van der Waals surface area contributed by atoms with E-state index in [2.05, 4.69) is 49.3 Å². The van der Waals surface area contributed by atoms with Gasteiger partial charge in [-0.25, -0.2) is 0 Å². The molecule has 1 heterocycles. The monoisotopic (exact) mass is 238 g/mol. The number of halogens is 1. The van der Waals surface area contributed by atoms with Crippen molar-refractivity contribution in [3.8, 4) is 0 Å². The topological polar surface area (TPSA) is 24.4 Å². The molecule has 2 nitrogen and oxygen atoms in total. The maximum atomic E-state index is 4.57. The van der Waals surface area contributed by atoms with E-state index in [0.29, 0.717) is 6.04 Å². The quantitative estimate of drug-likeness (QED) is 0.793. The average Bonchev–Trinajstić information content (AvgIpc) is 2.58. The van der Waals surface area contributed by atoms with Gasteiger partial charge in [-0.1, -0.05) is 18.2 Å². The highest BCUT2D eigenvalue weighted by Gasteiger charge is 2.14. The average molecular weight is 239 g/mol. The lowest BCUT2D eigenvalue weighted by atomic mass is 10.1. The van der Waals surface area contributed by atoms with Gasteiger partial charge >= 0.3 is 0 Å². The van der Waals surface area contributed by atoms with Gasteiger partial charge in [0.15, 0.2) is 0 Å². The SMILES string of the molecule is Cc1cccc(C)c1NC1=NC(C)CC1.Cl. The highest BCUT2D eigenvalue weighted by Crippen LogP contribution is 2.22. The van der Waals surface area contributed by atoms with Gasteiger partial charge in [-0.3, -0.25) is 4.99 Å². The first-order valence-electron chi connectivity index (χ1n) is 5.56. The Labute approximate surface area is 104 Å². The fourth-order valence-electron chi connectivity index (χ4n) is 1.99. The van der Waals surface area contributed by atoms with E-state index in [-0.39, 0.29) is 12.4 Å². The molecule has 0 aliphatic carbocycles. The molecule has 16 heavy (non-hydrogen) atoms. The Kier molecular flexibility index (Phi) is 4.36. The van der Waals surface area contributed by atoms with Crippen molar-refractivity contribution in [1.29, 1.82) is 0 Å². The Morgan fingerprint density at radius 3 is 2.38 bits per heavy atom. The minimum Gasteiger partial charge on any atom is -0.344 e. The number of aryl methyl sites for hydroxylation is 2. The van der Waals surface area contributed by atoms with Crippen molar-refractivity contribution in [3.05, 3.63) is 29.3 Å². The van der Waals surface area contributed by atoms with E-state index in [4.69, 9.17) is 0 Å². The van der Waals surface area contributed by atoms with Crippen LogP contribution in [0, 0.1) is 13.8 Å². The number of para-hydroxylation sites is 1. The summed E-state index contributed by atoms with van der Waals surface area (Å²) in [5, 5.41) is 3.46. The first-order valence-corrected chi connectivity index (χ1v) is 5.56. The molecule has 2 rings (SSSR count). The van der Waals surface area contributed by atoms with Gasteiger partial charge in [0.1, 0.15) is 5.84 Å². The third kappa shape index (κ3) is 2.76. The number of amidine groups is 1. The number of benzene rings is 1. The van der Waals surface area contributed by atoms with Crippen molar-refractivity contribution in [1.82, 2.24) is 0 Å². The normalized spacial score (nSPS) is 18.9. The third-order valence-electron chi connectivity index (χ3n) is 2.93. The molecule has 88 valence electrons. The summed E-state index contributed by atoms with van der Waals surface area (Å²) in [5.41, 5.74) is 3.81. The van der Waals surface area contributed by atoms with Gasteiger partial charge in [0.05, 0.1) is 0 Å². The molecule has 1 atom stereocenters. The Balaban J connectivity index is 0.00000128. The zero-order chi connectivity index (χ0) is 10.8. The van der Waals surface area contributed by atoms with Crippen molar-refractivity contribution in [2.45, 2.75) is 39.7 Å². The molecule has 1 unspecified atom stereocenters. The summed E-state index contributed by atoms with van der Waals surface area (Å²) in [4.78, 5) is 4.57. The number of nitrogens with zero attached hydrogens (tertiary/aromatic N) is 1. The molecule has 3 heteroatoms. The zero-order valence-corrected chi connectivity index (χ0v) is 10.9. The summed E-state index contributed by atoms with van der Waals surface area (Å²) in [5.74, 6) is 1.14. The van der Waals surface area contributed by atoms with Crippen LogP contribution >= 0.6 is 12.4 Å². The lowest BCUT2D eigenvalue weighted by molar-refractivity contribution is 0.739. The van der Waals surface area contributed by atoms with Crippen LogP contribution in [0.4, 0.5) is 5.69 Å². The lowest BCUT2D eigenvalue weighted by Gasteiger charge is -2.11. The fourth-order valence-corrected chi connectivity index (χ4v) is 1.99. The zero-order valence-electron chi connectivity index (χ0n) is 10.1. The molecule has 1 aromatic rings. The van der Waals surface area contributed by atoms with Gasteiger partial charge in [-0.05, 0) is 38.3 Å². The van der Waals surface area contributed by atoms with Crippen molar-refractivity contribution < 1.29 is 0 Å². The summed E-state index contributed by atoms with van der Waals surface area (Å²) in [6.45, 7) is 6.43. The molecule has 1 aliphatic rings. The second kappa shape index (κ2) is 5.35. The molecule has 0 aromatic heterocycles.